The Bertz CT molecular complexity index is 1350. The number of aromatic nitrogens is 2. The molecule has 0 atom stereocenters. The fourth-order valence-electron chi connectivity index (χ4n) is 5.39. The second-order valence-electron chi connectivity index (χ2n) is 9.43. The van der Waals surface area contributed by atoms with Crippen molar-refractivity contribution >= 4 is 28.7 Å². The minimum absolute atomic E-state index is 0.179. The second-order valence-corrected chi connectivity index (χ2v) is 9.43. The molecule has 2 aromatic carbocycles. The SMILES string of the molecule is O=C1CCN(N2Cc3cc(CN4CCC(c5[nH]nc6cc(F)ccc56)CC4)ccc3C2=O)C(=O)N1. The van der Waals surface area contributed by atoms with Crippen LogP contribution in [0.5, 0.6) is 0 Å². The van der Waals surface area contributed by atoms with Gasteiger partial charge in [0.1, 0.15) is 5.82 Å². The minimum atomic E-state index is -0.555. The number of benzene rings is 2. The molecule has 4 heterocycles. The van der Waals surface area contributed by atoms with Crippen molar-refractivity contribution in [3.05, 3.63) is 64.6 Å². The molecular formula is C25H25FN6O3. The summed E-state index contributed by atoms with van der Waals surface area (Å²) in [7, 11) is 0. The third kappa shape index (κ3) is 3.93. The van der Waals surface area contributed by atoms with E-state index in [9.17, 15) is 18.8 Å². The smallest absolute Gasteiger partial charge is 0.299 e. The predicted molar refractivity (Wildman–Crippen MR) is 124 cm³/mol. The largest absolute Gasteiger partial charge is 0.342 e. The molecule has 2 saturated heterocycles. The van der Waals surface area contributed by atoms with Crippen molar-refractivity contribution in [3.63, 3.8) is 0 Å². The summed E-state index contributed by atoms with van der Waals surface area (Å²) in [5.74, 6) is -0.464. The molecule has 0 saturated carbocycles. The van der Waals surface area contributed by atoms with Crippen LogP contribution in [0.3, 0.4) is 0 Å². The first kappa shape index (κ1) is 21.7. The van der Waals surface area contributed by atoms with E-state index in [2.05, 4.69) is 20.4 Å². The number of carbonyl (C=O) groups is 3. The lowest BCUT2D eigenvalue weighted by Gasteiger charge is -2.33. The highest BCUT2D eigenvalue weighted by Crippen LogP contribution is 2.33. The van der Waals surface area contributed by atoms with Crippen molar-refractivity contribution in [2.75, 3.05) is 19.6 Å². The number of aromatic amines is 1. The number of carbonyl (C=O) groups excluding carboxylic acids is 3. The maximum absolute atomic E-state index is 13.5. The van der Waals surface area contributed by atoms with Gasteiger partial charge in [0.15, 0.2) is 0 Å². The molecule has 0 unspecified atom stereocenters. The predicted octanol–water partition coefficient (Wildman–Crippen LogP) is 2.89. The van der Waals surface area contributed by atoms with Crippen molar-refractivity contribution in [1.82, 2.24) is 30.4 Å². The van der Waals surface area contributed by atoms with Crippen LogP contribution in [0.25, 0.3) is 10.9 Å². The van der Waals surface area contributed by atoms with Gasteiger partial charge in [-0.15, -0.1) is 0 Å². The van der Waals surface area contributed by atoms with Crippen LogP contribution in [-0.4, -0.2) is 62.6 Å². The lowest BCUT2D eigenvalue weighted by Crippen LogP contribution is -2.56. The van der Waals surface area contributed by atoms with Crippen LogP contribution in [0, 0.1) is 5.82 Å². The Morgan fingerprint density at radius 3 is 2.63 bits per heavy atom. The Labute approximate surface area is 200 Å². The van der Waals surface area contributed by atoms with Gasteiger partial charge in [-0.25, -0.2) is 19.2 Å². The molecule has 9 nitrogen and oxygen atoms in total. The van der Waals surface area contributed by atoms with Gasteiger partial charge in [-0.1, -0.05) is 12.1 Å². The number of fused-ring (bicyclic) bond motifs is 2. The van der Waals surface area contributed by atoms with E-state index in [1.54, 1.807) is 6.07 Å². The van der Waals surface area contributed by atoms with Gasteiger partial charge >= 0.3 is 6.03 Å². The standard InChI is InChI=1S/C25H25FN6O3/c26-18-2-4-20-21(12-18)28-29-23(20)16-5-8-30(9-6-16)13-15-1-3-19-17(11-15)14-32(24(19)34)31-10-7-22(33)27-25(31)35/h1-4,11-12,16H,5-10,13-14H2,(H,28,29)(H,27,33,35). The minimum Gasteiger partial charge on any atom is -0.299 e. The van der Waals surface area contributed by atoms with E-state index in [1.807, 2.05) is 18.2 Å². The van der Waals surface area contributed by atoms with Crippen molar-refractivity contribution < 1.29 is 18.8 Å². The number of hydrogen-bond acceptors (Lipinski definition) is 5. The van der Waals surface area contributed by atoms with E-state index in [-0.39, 0.29) is 30.6 Å². The lowest BCUT2D eigenvalue weighted by molar-refractivity contribution is -0.123. The summed E-state index contributed by atoms with van der Waals surface area (Å²) in [5, 5.41) is 13.4. The molecule has 180 valence electrons. The fourth-order valence-corrected chi connectivity index (χ4v) is 5.39. The van der Waals surface area contributed by atoms with Crippen molar-refractivity contribution in [1.29, 1.82) is 0 Å². The highest BCUT2D eigenvalue weighted by molar-refractivity contribution is 6.01. The Kier molecular flexibility index (Phi) is 5.25. The van der Waals surface area contributed by atoms with E-state index in [4.69, 9.17) is 0 Å². The average molecular weight is 477 g/mol. The summed E-state index contributed by atoms with van der Waals surface area (Å²) in [6, 6.07) is 10.0. The molecule has 1 aromatic heterocycles. The first-order valence-corrected chi connectivity index (χ1v) is 11.9. The molecule has 0 radical (unpaired) electrons. The molecule has 10 heteroatoms. The number of urea groups is 1. The molecule has 0 spiro atoms. The zero-order valence-corrected chi connectivity index (χ0v) is 19.1. The first-order valence-electron chi connectivity index (χ1n) is 11.9. The third-order valence-electron chi connectivity index (χ3n) is 7.23. The fraction of sp³-hybridized carbons (Fsp3) is 0.360. The third-order valence-corrected chi connectivity index (χ3v) is 7.23. The summed E-state index contributed by atoms with van der Waals surface area (Å²) >= 11 is 0. The summed E-state index contributed by atoms with van der Waals surface area (Å²) < 4.78 is 13.5. The normalized spacial score (nSPS) is 19.5. The maximum Gasteiger partial charge on any atom is 0.342 e. The first-order chi connectivity index (χ1) is 17.0. The number of H-pyrrole nitrogens is 1. The van der Waals surface area contributed by atoms with Crippen molar-refractivity contribution in [3.8, 4) is 0 Å². The van der Waals surface area contributed by atoms with Crippen LogP contribution in [-0.2, 0) is 17.9 Å². The molecule has 3 aromatic rings. The summed E-state index contributed by atoms with van der Waals surface area (Å²) in [6.45, 7) is 3.15. The van der Waals surface area contributed by atoms with Crippen LogP contribution in [0.15, 0.2) is 36.4 Å². The highest BCUT2D eigenvalue weighted by atomic mass is 19.1. The quantitative estimate of drug-likeness (QED) is 0.603. The molecule has 35 heavy (non-hydrogen) atoms. The van der Waals surface area contributed by atoms with Crippen molar-refractivity contribution in [2.24, 2.45) is 0 Å². The monoisotopic (exact) mass is 476 g/mol. The van der Waals surface area contributed by atoms with Crippen LogP contribution < -0.4 is 5.32 Å². The van der Waals surface area contributed by atoms with E-state index < -0.39 is 6.03 Å². The van der Waals surface area contributed by atoms with Crippen LogP contribution >= 0.6 is 0 Å². The number of rotatable bonds is 4. The number of piperidine rings is 1. The summed E-state index contributed by atoms with van der Waals surface area (Å²) in [6.07, 6.45) is 2.14. The molecule has 2 N–H and O–H groups in total. The number of imide groups is 1. The molecular weight excluding hydrogens is 451 g/mol. The van der Waals surface area contributed by atoms with E-state index in [0.717, 1.165) is 54.7 Å². The highest BCUT2D eigenvalue weighted by Gasteiger charge is 2.37. The second kappa shape index (κ2) is 8.46. The maximum atomic E-state index is 13.5. The van der Waals surface area contributed by atoms with E-state index in [1.165, 1.54) is 22.2 Å². The molecule has 4 amide bonds. The summed E-state index contributed by atoms with van der Waals surface area (Å²) in [4.78, 5) is 38.9. The number of nitrogens with one attached hydrogen (secondary N) is 2. The van der Waals surface area contributed by atoms with Crippen LogP contribution in [0.4, 0.5) is 9.18 Å². The van der Waals surface area contributed by atoms with Gasteiger partial charge in [-0.05, 0) is 55.3 Å². The molecule has 0 aliphatic carbocycles. The van der Waals surface area contributed by atoms with Crippen LogP contribution in [0.1, 0.15) is 52.4 Å². The molecule has 6 rings (SSSR count). The van der Waals surface area contributed by atoms with Gasteiger partial charge in [-0.2, -0.15) is 5.10 Å². The Morgan fingerprint density at radius 2 is 1.83 bits per heavy atom. The van der Waals surface area contributed by atoms with Gasteiger partial charge in [-0.3, -0.25) is 24.9 Å². The van der Waals surface area contributed by atoms with Gasteiger partial charge in [0.05, 0.1) is 18.6 Å². The number of hydrogen-bond donors (Lipinski definition) is 2. The van der Waals surface area contributed by atoms with Crippen LogP contribution in [0.2, 0.25) is 0 Å². The molecule has 0 bridgehead atoms. The molecule has 2 fully saturated rings. The number of nitrogens with zero attached hydrogens (tertiary/aromatic N) is 4. The zero-order valence-electron chi connectivity index (χ0n) is 19.1. The number of halogens is 1. The van der Waals surface area contributed by atoms with E-state index >= 15 is 0 Å². The van der Waals surface area contributed by atoms with Crippen molar-refractivity contribution in [2.45, 2.75) is 38.3 Å². The van der Waals surface area contributed by atoms with Gasteiger partial charge < -0.3 is 0 Å². The lowest BCUT2D eigenvalue weighted by atomic mass is 9.91. The molecule has 3 aliphatic heterocycles. The Morgan fingerprint density at radius 1 is 1.00 bits per heavy atom. The number of likely N-dealkylation sites (tertiary alicyclic amines) is 1. The topological polar surface area (TPSA) is 102 Å². The van der Waals surface area contributed by atoms with E-state index in [0.29, 0.717) is 23.5 Å². The Balaban J connectivity index is 1.10. The average Bonchev–Trinajstić information content (AvgIpc) is 3.40. The van der Waals surface area contributed by atoms with Gasteiger partial charge in [0, 0.05) is 41.6 Å². The number of hydrazine groups is 1. The number of amides is 4. The molecule has 3 aliphatic rings. The van der Waals surface area contributed by atoms with Gasteiger partial charge in [0.2, 0.25) is 5.91 Å². The Hall–Kier alpha value is -3.79. The summed E-state index contributed by atoms with van der Waals surface area (Å²) in [5.41, 5.74) is 4.36. The van der Waals surface area contributed by atoms with Gasteiger partial charge in [0.25, 0.3) is 5.91 Å². The zero-order chi connectivity index (χ0) is 24.1.